The summed E-state index contributed by atoms with van der Waals surface area (Å²) in [6.07, 6.45) is 18.0. The second kappa shape index (κ2) is 16.4. The standard InChI is InChI=1S/C17H37NS/c1-4-6-7-8-9-10-11-12-13-14-15-17(16-19-3)18-5-2/h17-18H,4-16H2,1-3H3. The molecule has 0 bridgehead atoms. The van der Waals surface area contributed by atoms with E-state index in [0.717, 1.165) is 12.6 Å². The van der Waals surface area contributed by atoms with Crippen LogP contribution in [-0.4, -0.2) is 24.6 Å². The van der Waals surface area contributed by atoms with Crippen molar-refractivity contribution in [3.63, 3.8) is 0 Å². The van der Waals surface area contributed by atoms with E-state index < -0.39 is 0 Å². The molecule has 0 radical (unpaired) electrons. The first-order valence-corrected chi connectivity index (χ1v) is 9.96. The van der Waals surface area contributed by atoms with Crippen molar-refractivity contribution in [1.82, 2.24) is 5.32 Å². The van der Waals surface area contributed by atoms with Crippen LogP contribution in [0.4, 0.5) is 0 Å². The molecule has 116 valence electrons. The van der Waals surface area contributed by atoms with E-state index in [4.69, 9.17) is 0 Å². The summed E-state index contributed by atoms with van der Waals surface area (Å²) in [5, 5.41) is 3.59. The van der Waals surface area contributed by atoms with E-state index in [0.29, 0.717) is 0 Å². The third kappa shape index (κ3) is 14.5. The molecule has 0 aromatic carbocycles. The van der Waals surface area contributed by atoms with Crippen LogP contribution in [0.25, 0.3) is 0 Å². The molecule has 0 spiro atoms. The average Bonchev–Trinajstić information content (AvgIpc) is 2.41. The number of nitrogens with one attached hydrogen (secondary N) is 1. The van der Waals surface area contributed by atoms with Gasteiger partial charge in [0.2, 0.25) is 0 Å². The van der Waals surface area contributed by atoms with E-state index in [1.807, 2.05) is 11.8 Å². The van der Waals surface area contributed by atoms with Crippen LogP contribution in [0.3, 0.4) is 0 Å². The SMILES string of the molecule is CCCCCCCCCCCCC(CSC)NCC. The summed E-state index contributed by atoms with van der Waals surface area (Å²) in [5.41, 5.74) is 0. The fraction of sp³-hybridized carbons (Fsp3) is 1.00. The normalized spacial score (nSPS) is 12.8. The fourth-order valence-corrected chi connectivity index (χ4v) is 3.30. The lowest BCUT2D eigenvalue weighted by molar-refractivity contribution is 0.490. The van der Waals surface area contributed by atoms with Crippen molar-refractivity contribution in [2.24, 2.45) is 0 Å². The first-order valence-electron chi connectivity index (χ1n) is 8.57. The van der Waals surface area contributed by atoms with Crippen molar-refractivity contribution in [2.45, 2.75) is 90.5 Å². The Kier molecular flexibility index (Phi) is 16.6. The number of unbranched alkanes of at least 4 members (excludes halogenated alkanes) is 9. The first-order chi connectivity index (χ1) is 9.35. The summed E-state index contributed by atoms with van der Waals surface area (Å²) >= 11 is 1.97. The molecule has 19 heavy (non-hydrogen) atoms. The van der Waals surface area contributed by atoms with Gasteiger partial charge in [-0.15, -0.1) is 0 Å². The van der Waals surface area contributed by atoms with Crippen LogP contribution in [0, 0.1) is 0 Å². The first kappa shape index (κ1) is 19.3. The summed E-state index contributed by atoms with van der Waals surface area (Å²) in [7, 11) is 0. The Morgan fingerprint density at radius 1 is 0.789 bits per heavy atom. The molecule has 1 N–H and O–H groups in total. The Labute approximate surface area is 126 Å². The van der Waals surface area contributed by atoms with E-state index in [-0.39, 0.29) is 0 Å². The lowest BCUT2D eigenvalue weighted by atomic mass is 10.0. The maximum absolute atomic E-state index is 3.59. The van der Waals surface area contributed by atoms with Crippen LogP contribution >= 0.6 is 11.8 Å². The largest absolute Gasteiger partial charge is 0.313 e. The topological polar surface area (TPSA) is 12.0 Å². The van der Waals surface area contributed by atoms with Crippen molar-refractivity contribution in [3.8, 4) is 0 Å². The minimum absolute atomic E-state index is 0.744. The van der Waals surface area contributed by atoms with Crippen molar-refractivity contribution < 1.29 is 0 Å². The Bertz CT molecular complexity index is 155. The van der Waals surface area contributed by atoms with Gasteiger partial charge in [0.25, 0.3) is 0 Å². The number of rotatable bonds is 15. The van der Waals surface area contributed by atoms with Crippen molar-refractivity contribution in [3.05, 3.63) is 0 Å². The van der Waals surface area contributed by atoms with Crippen LogP contribution in [0.15, 0.2) is 0 Å². The highest BCUT2D eigenvalue weighted by Gasteiger charge is 2.05. The monoisotopic (exact) mass is 287 g/mol. The van der Waals surface area contributed by atoms with Crippen molar-refractivity contribution >= 4 is 11.8 Å². The molecular formula is C17H37NS. The summed E-state index contributed by atoms with van der Waals surface area (Å²) in [4.78, 5) is 0. The van der Waals surface area contributed by atoms with Gasteiger partial charge in [0.1, 0.15) is 0 Å². The third-order valence-corrected chi connectivity index (χ3v) is 4.50. The average molecular weight is 288 g/mol. The highest BCUT2D eigenvalue weighted by molar-refractivity contribution is 7.98. The molecule has 0 rings (SSSR count). The van der Waals surface area contributed by atoms with Crippen LogP contribution in [0.2, 0.25) is 0 Å². The highest BCUT2D eigenvalue weighted by Crippen LogP contribution is 2.13. The Balaban J connectivity index is 3.20. The van der Waals surface area contributed by atoms with E-state index in [1.54, 1.807) is 0 Å². The van der Waals surface area contributed by atoms with Crippen LogP contribution in [0.1, 0.15) is 84.5 Å². The third-order valence-electron chi connectivity index (χ3n) is 3.77. The molecule has 0 heterocycles. The van der Waals surface area contributed by atoms with E-state index in [2.05, 4.69) is 25.4 Å². The maximum atomic E-state index is 3.59. The van der Waals surface area contributed by atoms with Crippen molar-refractivity contribution in [2.75, 3.05) is 18.6 Å². The second-order valence-electron chi connectivity index (χ2n) is 5.68. The molecule has 0 saturated carbocycles. The predicted octanol–water partition coefficient (Wildman–Crippen LogP) is 5.64. The summed E-state index contributed by atoms with van der Waals surface area (Å²) in [6.45, 7) is 5.62. The molecule has 0 fully saturated rings. The number of hydrogen-bond acceptors (Lipinski definition) is 2. The summed E-state index contributed by atoms with van der Waals surface area (Å²) < 4.78 is 0. The quantitative estimate of drug-likeness (QED) is 0.391. The van der Waals surface area contributed by atoms with Gasteiger partial charge in [0, 0.05) is 11.8 Å². The molecule has 0 aromatic rings. The maximum Gasteiger partial charge on any atom is 0.0157 e. The van der Waals surface area contributed by atoms with Gasteiger partial charge in [-0.05, 0) is 19.2 Å². The van der Waals surface area contributed by atoms with E-state index >= 15 is 0 Å². The second-order valence-corrected chi connectivity index (χ2v) is 6.59. The molecule has 0 aliphatic heterocycles. The molecule has 0 aliphatic rings. The highest BCUT2D eigenvalue weighted by atomic mass is 32.2. The molecule has 1 nitrogen and oxygen atoms in total. The number of thioether (sulfide) groups is 1. The van der Waals surface area contributed by atoms with E-state index in [9.17, 15) is 0 Å². The molecule has 0 aromatic heterocycles. The van der Waals surface area contributed by atoms with Crippen LogP contribution < -0.4 is 5.32 Å². The van der Waals surface area contributed by atoms with Gasteiger partial charge in [-0.3, -0.25) is 0 Å². The molecule has 0 amide bonds. The molecule has 0 saturated heterocycles. The molecule has 1 atom stereocenters. The molecule has 2 heteroatoms. The Hall–Kier alpha value is 0.310. The van der Waals surface area contributed by atoms with Crippen LogP contribution in [0.5, 0.6) is 0 Å². The lowest BCUT2D eigenvalue weighted by Gasteiger charge is -2.16. The van der Waals surface area contributed by atoms with E-state index in [1.165, 1.54) is 76.4 Å². The zero-order chi connectivity index (χ0) is 14.2. The zero-order valence-electron chi connectivity index (χ0n) is 13.7. The lowest BCUT2D eigenvalue weighted by Crippen LogP contribution is -2.30. The number of hydrogen-bond donors (Lipinski definition) is 1. The van der Waals surface area contributed by atoms with Crippen LogP contribution in [-0.2, 0) is 0 Å². The zero-order valence-corrected chi connectivity index (χ0v) is 14.5. The summed E-state index contributed by atoms with van der Waals surface area (Å²) in [5.74, 6) is 1.27. The summed E-state index contributed by atoms with van der Waals surface area (Å²) in [6, 6.07) is 0.744. The Morgan fingerprint density at radius 3 is 1.79 bits per heavy atom. The molecule has 0 aliphatic carbocycles. The fourth-order valence-electron chi connectivity index (χ4n) is 2.61. The van der Waals surface area contributed by atoms with Gasteiger partial charge in [-0.2, -0.15) is 11.8 Å². The van der Waals surface area contributed by atoms with Gasteiger partial charge in [0.15, 0.2) is 0 Å². The minimum atomic E-state index is 0.744. The van der Waals surface area contributed by atoms with Crippen molar-refractivity contribution in [1.29, 1.82) is 0 Å². The predicted molar refractivity (Wildman–Crippen MR) is 92.3 cm³/mol. The molecular weight excluding hydrogens is 250 g/mol. The van der Waals surface area contributed by atoms with Gasteiger partial charge in [0.05, 0.1) is 0 Å². The molecule has 1 unspecified atom stereocenters. The van der Waals surface area contributed by atoms with Gasteiger partial charge >= 0.3 is 0 Å². The Morgan fingerprint density at radius 2 is 1.32 bits per heavy atom. The minimum Gasteiger partial charge on any atom is -0.313 e. The smallest absolute Gasteiger partial charge is 0.0157 e. The van der Waals surface area contributed by atoms with Gasteiger partial charge in [-0.1, -0.05) is 78.1 Å². The van der Waals surface area contributed by atoms with Gasteiger partial charge < -0.3 is 5.32 Å². The van der Waals surface area contributed by atoms with Gasteiger partial charge in [-0.25, -0.2) is 0 Å².